The molecular formula is C23H23N5O. The van der Waals surface area contributed by atoms with Gasteiger partial charge in [0.25, 0.3) is 0 Å². The van der Waals surface area contributed by atoms with Gasteiger partial charge in [0.2, 0.25) is 12.2 Å². The van der Waals surface area contributed by atoms with Gasteiger partial charge in [0.1, 0.15) is 11.4 Å². The molecule has 2 N–H and O–H groups in total. The van der Waals surface area contributed by atoms with Crippen LogP contribution in [0.2, 0.25) is 0 Å². The smallest absolute Gasteiger partial charge is 0.212 e. The van der Waals surface area contributed by atoms with Crippen molar-refractivity contribution in [3.63, 3.8) is 0 Å². The van der Waals surface area contributed by atoms with Crippen molar-refractivity contribution in [3.8, 4) is 18.0 Å². The van der Waals surface area contributed by atoms with E-state index in [2.05, 4.69) is 33.8 Å². The second kappa shape index (κ2) is 7.48. The lowest BCUT2D eigenvalue weighted by Gasteiger charge is -2.38. The number of benzene rings is 2. The molecule has 0 unspecified atom stereocenters. The Morgan fingerprint density at radius 1 is 1.14 bits per heavy atom. The van der Waals surface area contributed by atoms with Crippen molar-refractivity contribution in [3.05, 3.63) is 58.7 Å². The van der Waals surface area contributed by atoms with E-state index in [9.17, 15) is 10.5 Å². The van der Waals surface area contributed by atoms with Crippen LogP contribution in [0.3, 0.4) is 0 Å². The second-order valence-corrected chi connectivity index (χ2v) is 8.15. The number of guanidine groups is 1. The van der Waals surface area contributed by atoms with E-state index >= 15 is 0 Å². The van der Waals surface area contributed by atoms with Gasteiger partial charge in [-0.15, -0.1) is 4.99 Å². The molecule has 2 aromatic carbocycles. The first kappa shape index (κ1) is 18.8. The van der Waals surface area contributed by atoms with Gasteiger partial charge in [-0.25, -0.2) is 0 Å². The number of aryl methyl sites for hydroxylation is 2. The maximum absolute atomic E-state index is 9.28. The summed E-state index contributed by atoms with van der Waals surface area (Å²) in [6.07, 6.45) is 5.95. The van der Waals surface area contributed by atoms with Crippen molar-refractivity contribution in [2.45, 2.75) is 51.2 Å². The molecule has 4 rings (SSSR count). The lowest BCUT2D eigenvalue weighted by atomic mass is 9.89. The quantitative estimate of drug-likeness (QED) is 0.459. The van der Waals surface area contributed by atoms with Crippen LogP contribution in [0.1, 0.15) is 55.0 Å². The first-order chi connectivity index (χ1) is 14.0. The largest absolute Gasteiger partial charge is 0.487 e. The predicted molar refractivity (Wildman–Crippen MR) is 111 cm³/mol. The Labute approximate surface area is 170 Å². The van der Waals surface area contributed by atoms with Crippen LogP contribution in [0.5, 0.6) is 5.75 Å². The standard InChI is InChI=1S/C23H23N5O/c1-23(2)12-20(19-10-15(13-24)6-9-21(19)29-23)28-22(26-14-25)27-18-8-7-16-4-3-5-17(16)11-18/h6-11,20H,3-5,12H2,1-2H3,(H2,26,27,28)/t20-/m0/s1. The number of aliphatic imine (C=N–C) groups is 1. The highest BCUT2D eigenvalue weighted by Gasteiger charge is 2.34. The molecule has 0 aromatic heterocycles. The molecule has 0 spiro atoms. The number of nitrogens with one attached hydrogen (secondary N) is 2. The average Bonchev–Trinajstić information content (AvgIpc) is 3.15. The zero-order valence-corrected chi connectivity index (χ0v) is 16.6. The zero-order valence-electron chi connectivity index (χ0n) is 16.6. The Kier molecular flexibility index (Phi) is 4.86. The number of hydrogen-bond donors (Lipinski definition) is 2. The maximum Gasteiger partial charge on any atom is 0.212 e. The lowest BCUT2D eigenvalue weighted by molar-refractivity contribution is 0.0695. The molecule has 1 heterocycles. The zero-order chi connectivity index (χ0) is 20.4. The molecule has 146 valence electrons. The number of anilines is 1. The van der Waals surface area contributed by atoms with E-state index in [4.69, 9.17) is 4.74 Å². The Balaban J connectivity index is 1.61. The first-order valence-electron chi connectivity index (χ1n) is 9.83. The monoisotopic (exact) mass is 385 g/mol. The third kappa shape index (κ3) is 4.02. The van der Waals surface area contributed by atoms with Gasteiger partial charge in [0.15, 0.2) is 0 Å². The van der Waals surface area contributed by atoms with Gasteiger partial charge in [0.05, 0.1) is 17.7 Å². The SMILES string of the molecule is CC1(C)C[C@H](NC(=NC#N)Nc2ccc3c(c2)CCC3)c2cc(C#N)ccc2O1. The van der Waals surface area contributed by atoms with Gasteiger partial charge < -0.3 is 15.4 Å². The van der Waals surface area contributed by atoms with Crippen molar-refractivity contribution in [1.29, 1.82) is 10.5 Å². The topological polar surface area (TPSA) is 93.2 Å². The molecule has 0 saturated heterocycles. The third-order valence-electron chi connectivity index (χ3n) is 5.43. The van der Waals surface area contributed by atoms with Crippen molar-refractivity contribution < 1.29 is 4.74 Å². The van der Waals surface area contributed by atoms with Gasteiger partial charge in [-0.3, -0.25) is 0 Å². The first-order valence-corrected chi connectivity index (χ1v) is 9.83. The van der Waals surface area contributed by atoms with Gasteiger partial charge in [-0.2, -0.15) is 10.5 Å². The summed E-state index contributed by atoms with van der Waals surface area (Å²) in [5.74, 6) is 1.13. The second-order valence-electron chi connectivity index (χ2n) is 8.15. The minimum absolute atomic E-state index is 0.143. The fraction of sp³-hybridized carbons (Fsp3) is 0.348. The number of fused-ring (bicyclic) bond motifs is 2. The van der Waals surface area contributed by atoms with Crippen molar-refractivity contribution in [2.75, 3.05) is 5.32 Å². The van der Waals surface area contributed by atoms with Crippen LogP contribution in [-0.4, -0.2) is 11.6 Å². The summed E-state index contributed by atoms with van der Waals surface area (Å²) in [5.41, 5.74) is 4.73. The molecule has 2 aromatic rings. The van der Waals surface area contributed by atoms with Crippen LogP contribution in [-0.2, 0) is 12.8 Å². The van der Waals surface area contributed by atoms with Gasteiger partial charge in [-0.05, 0) is 74.6 Å². The van der Waals surface area contributed by atoms with Crippen LogP contribution < -0.4 is 15.4 Å². The normalized spacial score (nSPS) is 19.2. The van der Waals surface area contributed by atoms with E-state index in [0.717, 1.165) is 29.8 Å². The number of nitriles is 2. The number of hydrogen-bond acceptors (Lipinski definition) is 4. The molecule has 0 radical (unpaired) electrons. The molecule has 2 aliphatic rings. The highest BCUT2D eigenvalue weighted by atomic mass is 16.5. The van der Waals surface area contributed by atoms with E-state index in [1.54, 1.807) is 6.07 Å². The fourth-order valence-electron chi connectivity index (χ4n) is 4.15. The van der Waals surface area contributed by atoms with Gasteiger partial charge in [0, 0.05) is 17.7 Å². The molecule has 6 heteroatoms. The number of rotatable bonds is 2. The molecular weight excluding hydrogens is 362 g/mol. The van der Waals surface area contributed by atoms with Crippen LogP contribution in [0.25, 0.3) is 0 Å². The van der Waals surface area contributed by atoms with E-state index < -0.39 is 0 Å². The van der Waals surface area contributed by atoms with E-state index in [1.165, 1.54) is 17.5 Å². The Bertz CT molecular complexity index is 1060. The summed E-state index contributed by atoms with van der Waals surface area (Å²) in [7, 11) is 0. The van der Waals surface area contributed by atoms with Crippen LogP contribution in [0.15, 0.2) is 41.4 Å². The highest BCUT2D eigenvalue weighted by molar-refractivity contribution is 5.94. The van der Waals surface area contributed by atoms with E-state index in [0.29, 0.717) is 17.9 Å². The minimum Gasteiger partial charge on any atom is -0.487 e. The molecule has 1 aliphatic heterocycles. The highest BCUT2D eigenvalue weighted by Crippen LogP contribution is 2.40. The summed E-state index contributed by atoms with van der Waals surface area (Å²) in [6.45, 7) is 4.05. The van der Waals surface area contributed by atoms with Crippen molar-refractivity contribution in [2.24, 2.45) is 4.99 Å². The number of ether oxygens (including phenoxy) is 1. The molecule has 29 heavy (non-hydrogen) atoms. The van der Waals surface area contributed by atoms with Crippen molar-refractivity contribution >= 4 is 11.6 Å². The minimum atomic E-state index is -0.385. The lowest BCUT2D eigenvalue weighted by Crippen LogP contribution is -2.43. The van der Waals surface area contributed by atoms with Crippen molar-refractivity contribution in [1.82, 2.24) is 5.32 Å². The Hall–Kier alpha value is -3.51. The maximum atomic E-state index is 9.28. The molecule has 0 fully saturated rings. The fourth-order valence-corrected chi connectivity index (χ4v) is 4.15. The van der Waals surface area contributed by atoms with E-state index in [-0.39, 0.29) is 11.6 Å². The summed E-state index contributed by atoms with van der Waals surface area (Å²) in [5, 5.41) is 25.1. The van der Waals surface area contributed by atoms with Gasteiger partial charge >= 0.3 is 0 Å². The van der Waals surface area contributed by atoms with Crippen LogP contribution in [0.4, 0.5) is 5.69 Å². The van der Waals surface area contributed by atoms with E-state index in [1.807, 2.05) is 38.2 Å². The molecule has 0 amide bonds. The predicted octanol–water partition coefficient (Wildman–Crippen LogP) is 4.19. The summed E-state index contributed by atoms with van der Waals surface area (Å²) in [4.78, 5) is 3.96. The molecule has 1 atom stereocenters. The molecule has 6 nitrogen and oxygen atoms in total. The third-order valence-corrected chi connectivity index (χ3v) is 5.43. The Morgan fingerprint density at radius 3 is 2.76 bits per heavy atom. The molecule has 1 aliphatic carbocycles. The Morgan fingerprint density at radius 2 is 1.97 bits per heavy atom. The van der Waals surface area contributed by atoms with Gasteiger partial charge in [-0.1, -0.05) is 6.07 Å². The van der Waals surface area contributed by atoms with Crippen LogP contribution in [0, 0.1) is 22.8 Å². The van der Waals surface area contributed by atoms with Crippen LogP contribution >= 0.6 is 0 Å². The summed E-state index contributed by atoms with van der Waals surface area (Å²) >= 11 is 0. The molecule has 0 bridgehead atoms. The molecule has 0 saturated carbocycles. The average molecular weight is 385 g/mol. The number of nitrogens with zero attached hydrogens (tertiary/aromatic N) is 3. The summed E-state index contributed by atoms with van der Waals surface area (Å²) < 4.78 is 6.08. The summed E-state index contributed by atoms with van der Waals surface area (Å²) in [6, 6.07) is 13.8.